The summed E-state index contributed by atoms with van der Waals surface area (Å²) in [6.07, 6.45) is 4.23. The summed E-state index contributed by atoms with van der Waals surface area (Å²) < 4.78 is 0. The Morgan fingerprint density at radius 2 is 2.36 bits per heavy atom. The average molecular weight is 156 g/mol. The van der Waals surface area contributed by atoms with Gasteiger partial charge in [-0.1, -0.05) is 13.0 Å². The molecule has 0 saturated carbocycles. The molecule has 0 aromatic rings. The number of amides is 1. The number of carbonyl (C=O) groups excluding carboxylic acids is 1. The van der Waals surface area contributed by atoms with Gasteiger partial charge in [-0.15, -0.1) is 0 Å². The van der Waals surface area contributed by atoms with Gasteiger partial charge in [0, 0.05) is 12.6 Å². The zero-order valence-electron chi connectivity index (χ0n) is 7.13. The smallest absolute Gasteiger partial charge is 0.243 e. The van der Waals surface area contributed by atoms with Gasteiger partial charge in [-0.2, -0.15) is 0 Å². The molecule has 0 heterocycles. The van der Waals surface area contributed by atoms with Crippen molar-refractivity contribution >= 4 is 5.91 Å². The average Bonchev–Trinajstić information content (AvgIpc) is 2.00. The third-order valence-corrected chi connectivity index (χ3v) is 1.25. The van der Waals surface area contributed by atoms with Crippen LogP contribution in [0.5, 0.6) is 0 Å². The highest BCUT2D eigenvalue weighted by atomic mass is 16.1. The first-order valence-electron chi connectivity index (χ1n) is 3.87. The lowest BCUT2D eigenvalue weighted by Gasteiger charge is -2.07. The molecule has 0 radical (unpaired) electrons. The number of hydrogen-bond acceptors (Lipinski definition) is 2. The number of allylic oxidation sites excluding steroid dienone is 1. The van der Waals surface area contributed by atoms with Crippen LogP contribution >= 0.6 is 0 Å². The van der Waals surface area contributed by atoms with E-state index in [4.69, 9.17) is 5.73 Å². The third kappa shape index (κ3) is 5.61. The van der Waals surface area contributed by atoms with Crippen molar-refractivity contribution < 1.29 is 4.79 Å². The van der Waals surface area contributed by atoms with Gasteiger partial charge in [0.05, 0.1) is 0 Å². The standard InChI is InChI=1S/C8H16N2O/c1-3-4-5-8(11)10-7(2)6-9/h4-5,7H,3,6,9H2,1-2H3,(H,10,11)/b5-4+/t7-/m1/s1. The summed E-state index contributed by atoms with van der Waals surface area (Å²) in [5.74, 6) is -0.0650. The quantitative estimate of drug-likeness (QED) is 0.579. The molecule has 64 valence electrons. The summed E-state index contributed by atoms with van der Waals surface area (Å²) in [5, 5.41) is 2.71. The molecule has 0 saturated heterocycles. The molecule has 0 aliphatic carbocycles. The summed E-state index contributed by atoms with van der Waals surface area (Å²) in [5.41, 5.74) is 5.31. The maximum Gasteiger partial charge on any atom is 0.243 e. The van der Waals surface area contributed by atoms with Gasteiger partial charge in [0.1, 0.15) is 0 Å². The highest BCUT2D eigenvalue weighted by Crippen LogP contribution is 1.81. The van der Waals surface area contributed by atoms with Crippen LogP contribution in [-0.4, -0.2) is 18.5 Å². The Hall–Kier alpha value is -0.830. The van der Waals surface area contributed by atoms with E-state index in [1.807, 2.05) is 19.9 Å². The largest absolute Gasteiger partial charge is 0.349 e. The van der Waals surface area contributed by atoms with E-state index in [-0.39, 0.29) is 11.9 Å². The van der Waals surface area contributed by atoms with Crippen molar-refractivity contribution in [1.82, 2.24) is 5.32 Å². The molecular formula is C8H16N2O. The van der Waals surface area contributed by atoms with Crippen molar-refractivity contribution in [3.63, 3.8) is 0 Å². The fourth-order valence-electron chi connectivity index (χ4n) is 0.575. The molecule has 3 nitrogen and oxygen atoms in total. The predicted molar refractivity (Wildman–Crippen MR) is 46.1 cm³/mol. The normalized spacial score (nSPS) is 13.4. The van der Waals surface area contributed by atoms with Gasteiger partial charge in [0.25, 0.3) is 0 Å². The van der Waals surface area contributed by atoms with Crippen LogP contribution in [-0.2, 0) is 4.79 Å². The minimum absolute atomic E-state index is 0.0593. The molecule has 0 aromatic heterocycles. The Labute approximate surface area is 67.7 Å². The van der Waals surface area contributed by atoms with Crippen LogP contribution in [0.3, 0.4) is 0 Å². The van der Waals surface area contributed by atoms with Crippen molar-refractivity contribution in [1.29, 1.82) is 0 Å². The molecule has 3 heteroatoms. The fraction of sp³-hybridized carbons (Fsp3) is 0.625. The van der Waals surface area contributed by atoms with Crippen molar-refractivity contribution in [3.05, 3.63) is 12.2 Å². The lowest BCUT2D eigenvalue weighted by molar-refractivity contribution is -0.117. The van der Waals surface area contributed by atoms with E-state index in [9.17, 15) is 4.79 Å². The molecule has 0 aliphatic rings. The second kappa shape index (κ2) is 5.92. The van der Waals surface area contributed by atoms with E-state index in [2.05, 4.69) is 5.32 Å². The minimum atomic E-state index is -0.0650. The van der Waals surface area contributed by atoms with Crippen LogP contribution in [0.2, 0.25) is 0 Å². The summed E-state index contributed by atoms with van der Waals surface area (Å²) in [7, 11) is 0. The molecule has 1 amide bonds. The van der Waals surface area contributed by atoms with Gasteiger partial charge in [-0.25, -0.2) is 0 Å². The molecule has 0 rings (SSSR count). The van der Waals surface area contributed by atoms with Crippen molar-refractivity contribution in [2.45, 2.75) is 26.3 Å². The van der Waals surface area contributed by atoms with Gasteiger partial charge >= 0.3 is 0 Å². The van der Waals surface area contributed by atoms with E-state index in [1.165, 1.54) is 6.08 Å². The molecule has 1 atom stereocenters. The lowest BCUT2D eigenvalue weighted by Crippen LogP contribution is -2.36. The van der Waals surface area contributed by atoms with Gasteiger partial charge in [-0.3, -0.25) is 4.79 Å². The monoisotopic (exact) mass is 156 g/mol. The summed E-state index contributed by atoms with van der Waals surface area (Å²) in [6, 6.07) is 0.0593. The molecule has 0 aliphatic heterocycles. The molecule has 0 spiro atoms. The van der Waals surface area contributed by atoms with Crippen LogP contribution in [0.1, 0.15) is 20.3 Å². The first-order valence-corrected chi connectivity index (χ1v) is 3.87. The molecule has 11 heavy (non-hydrogen) atoms. The predicted octanol–water partition coefficient (Wildman–Crippen LogP) is 0.416. The van der Waals surface area contributed by atoms with Gasteiger partial charge in [-0.05, 0) is 19.4 Å². The van der Waals surface area contributed by atoms with Crippen molar-refractivity contribution in [2.75, 3.05) is 6.54 Å². The molecule has 0 bridgehead atoms. The van der Waals surface area contributed by atoms with Crippen LogP contribution in [0.15, 0.2) is 12.2 Å². The van der Waals surface area contributed by atoms with Gasteiger partial charge in [0.2, 0.25) is 5.91 Å². The fourth-order valence-corrected chi connectivity index (χ4v) is 0.575. The Balaban J connectivity index is 3.60. The van der Waals surface area contributed by atoms with E-state index in [0.717, 1.165) is 6.42 Å². The summed E-state index contributed by atoms with van der Waals surface area (Å²) in [4.78, 5) is 10.9. The second-order valence-corrected chi connectivity index (χ2v) is 2.46. The van der Waals surface area contributed by atoms with Crippen molar-refractivity contribution in [2.24, 2.45) is 5.73 Å². The van der Waals surface area contributed by atoms with Crippen molar-refractivity contribution in [3.8, 4) is 0 Å². The Kier molecular flexibility index (Phi) is 5.47. The molecule has 0 fully saturated rings. The van der Waals surface area contributed by atoms with Gasteiger partial charge in [0.15, 0.2) is 0 Å². The highest BCUT2D eigenvalue weighted by Gasteiger charge is 1.99. The third-order valence-electron chi connectivity index (χ3n) is 1.25. The molecule has 0 unspecified atom stereocenters. The number of hydrogen-bond donors (Lipinski definition) is 2. The Morgan fingerprint density at radius 1 is 1.73 bits per heavy atom. The Morgan fingerprint density at radius 3 is 2.82 bits per heavy atom. The van der Waals surface area contributed by atoms with Crippen LogP contribution < -0.4 is 11.1 Å². The topological polar surface area (TPSA) is 55.1 Å². The minimum Gasteiger partial charge on any atom is -0.349 e. The number of nitrogens with one attached hydrogen (secondary N) is 1. The summed E-state index contributed by atoms with van der Waals surface area (Å²) >= 11 is 0. The zero-order chi connectivity index (χ0) is 8.69. The van der Waals surface area contributed by atoms with Crippen LogP contribution in [0.25, 0.3) is 0 Å². The SMILES string of the molecule is CC/C=C/C(=O)N[C@H](C)CN. The number of rotatable bonds is 4. The molecule has 0 aromatic carbocycles. The molecule has 3 N–H and O–H groups in total. The Bertz CT molecular complexity index is 143. The molecular weight excluding hydrogens is 140 g/mol. The second-order valence-electron chi connectivity index (χ2n) is 2.46. The van der Waals surface area contributed by atoms with E-state index >= 15 is 0 Å². The lowest BCUT2D eigenvalue weighted by atomic mass is 10.3. The van der Waals surface area contributed by atoms with E-state index < -0.39 is 0 Å². The maximum absolute atomic E-state index is 10.9. The maximum atomic E-state index is 10.9. The number of nitrogens with two attached hydrogens (primary N) is 1. The van der Waals surface area contributed by atoms with Crippen LogP contribution in [0.4, 0.5) is 0 Å². The zero-order valence-corrected chi connectivity index (χ0v) is 7.13. The van der Waals surface area contributed by atoms with Gasteiger partial charge < -0.3 is 11.1 Å². The van der Waals surface area contributed by atoms with E-state index in [1.54, 1.807) is 0 Å². The highest BCUT2D eigenvalue weighted by molar-refractivity contribution is 5.87. The first-order chi connectivity index (χ1) is 5.20. The van der Waals surface area contributed by atoms with Crippen LogP contribution in [0, 0.1) is 0 Å². The first kappa shape index (κ1) is 10.2. The number of carbonyl (C=O) groups is 1. The summed E-state index contributed by atoms with van der Waals surface area (Å²) in [6.45, 7) is 4.33. The van der Waals surface area contributed by atoms with E-state index in [0.29, 0.717) is 6.54 Å².